The molecule has 0 aromatic heterocycles. The van der Waals surface area contributed by atoms with E-state index in [1.807, 2.05) is 37.3 Å². The highest BCUT2D eigenvalue weighted by Gasteiger charge is 2.28. The lowest BCUT2D eigenvalue weighted by Gasteiger charge is -2.19. The van der Waals surface area contributed by atoms with E-state index in [0.29, 0.717) is 11.5 Å². The average Bonchev–Trinajstić information content (AvgIpc) is 2.62. The Morgan fingerprint density at radius 2 is 1.69 bits per heavy atom. The van der Waals surface area contributed by atoms with Crippen molar-refractivity contribution in [2.45, 2.75) is 31.8 Å². The molecule has 1 unspecified atom stereocenters. The Bertz CT molecular complexity index is 700. The summed E-state index contributed by atoms with van der Waals surface area (Å²) in [5.41, 5.74) is 12.0. The summed E-state index contributed by atoms with van der Waals surface area (Å²) < 4.78 is 10.2. The van der Waals surface area contributed by atoms with Crippen LogP contribution in [0.5, 0.6) is 11.5 Å². The smallest absolute Gasteiger partial charge is 0.323 e. The lowest BCUT2D eigenvalue weighted by molar-refractivity contribution is -0.142. The van der Waals surface area contributed by atoms with E-state index in [1.54, 1.807) is 25.3 Å². The van der Waals surface area contributed by atoms with Crippen molar-refractivity contribution in [2.24, 2.45) is 11.5 Å². The number of hydrogen-bond acceptors (Lipinski definition) is 5. The normalized spacial score (nSPS) is 13.6. The molecular formula is C20H28N2O4. The molecule has 2 aromatic rings. The van der Waals surface area contributed by atoms with Gasteiger partial charge in [0.2, 0.25) is 0 Å². The molecule has 142 valence electrons. The molecule has 2 rings (SSSR count). The molecule has 0 radical (unpaired) electrons. The highest BCUT2D eigenvalue weighted by atomic mass is 16.5. The zero-order chi connectivity index (χ0) is 19.7. The molecule has 0 saturated carbocycles. The monoisotopic (exact) mass is 360 g/mol. The summed E-state index contributed by atoms with van der Waals surface area (Å²) in [7, 11) is 3.07. The lowest BCUT2D eigenvalue weighted by atomic mass is 9.94. The first-order chi connectivity index (χ1) is 12.2. The summed E-state index contributed by atoms with van der Waals surface area (Å²) in [6, 6.07) is 15.4. The Morgan fingerprint density at radius 1 is 1.12 bits per heavy atom. The number of hydrogen-bond donors (Lipinski definition) is 3. The molecule has 2 atom stereocenters. The minimum Gasteiger partial charge on any atom is -0.493 e. The van der Waals surface area contributed by atoms with Crippen LogP contribution in [0.15, 0.2) is 48.5 Å². The van der Waals surface area contributed by atoms with Crippen molar-refractivity contribution in [1.29, 1.82) is 0 Å². The molecule has 0 spiro atoms. The molecule has 0 amide bonds. The predicted octanol–water partition coefficient (Wildman–Crippen LogP) is 2.75. The first kappa shape index (κ1) is 21.5. The molecule has 6 nitrogen and oxygen atoms in total. The number of methoxy groups -OCH3 is 2. The van der Waals surface area contributed by atoms with Crippen LogP contribution in [0.1, 0.15) is 31.0 Å². The average molecular weight is 360 g/mol. The maximum absolute atomic E-state index is 10.9. The van der Waals surface area contributed by atoms with Gasteiger partial charge in [-0.05, 0) is 37.1 Å². The number of carboxylic acid groups (broad SMARTS) is 1. The Morgan fingerprint density at radius 3 is 2.12 bits per heavy atom. The van der Waals surface area contributed by atoms with Crippen molar-refractivity contribution in [3.63, 3.8) is 0 Å². The molecule has 0 aliphatic carbocycles. The first-order valence-corrected chi connectivity index (χ1v) is 8.25. The van der Waals surface area contributed by atoms with Gasteiger partial charge < -0.3 is 26.0 Å². The van der Waals surface area contributed by atoms with E-state index in [-0.39, 0.29) is 12.5 Å². The Kier molecular flexibility index (Phi) is 8.09. The molecule has 5 N–H and O–H groups in total. The van der Waals surface area contributed by atoms with E-state index in [2.05, 4.69) is 0 Å². The van der Waals surface area contributed by atoms with Gasteiger partial charge in [0.25, 0.3) is 0 Å². The number of carbonyl (C=O) groups is 1. The molecule has 6 heteroatoms. The second-order valence-corrected chi connectivity index (χ2v) is 6.29. The van der Waals surface area contributed by atoms with Gasteiger partial charge >= 0.3 is 5.97 Å². The van der Waals surface area contributed by atoms with Gasteiger partial charge in [-0.15, -0.1) is 0 Å². The number of carboxylic acids is 1. The van der Waals surface area contributed by atoms with Crippen molar-refractivity contribution in [3.05, 3.63) is 59.7 Å². The van der Waals surface area contributed by atoms with Crippen molar-refractivity contribution in [2.75, 3.05) is 14.2 Å². The largest absolute Gasteiger partial charge is 0.493 e. The van der Waals surface area contributed by atoms with Crippen molar-refractivity contribution in [1.82, 2.24) is 0 Å². The summed E-state index contributed by atoms with van der Waals surface area (Å²) in [6.45, 7) is 3.46. The van der Waals surface area contributed by atoms with Gasteiger partial charge in [-0.25, -0.2) is 0 Å². The predicted molar refractivity (Wildman–Crippen MR) is 103 cm³/mol. The Hall–Kier alpha value is -2.57. The van der Waals surface area contributed by atoms with Gasteiger partial charge in [0.1, 0.15) is 5.54 Å². The summed E-state index contributed by atoms with van der Waals surface area (Å²) >= 11 is 0. The molecular weight excluding hydrogens is 332 g/mol. The van der Waals surface area contributed by atoms with Crippen LogP contribution in [0.3, 0.4) is 0 Å². The van der Waals surface area contributed by atoms with Crippen LogP contribution >= 0.6 is 0 Å². The van der Waals surface area contributed by atoms with E-state index in [0.717, 1.165) is 5.56 Å². The zero-order valence-corrected chi connectivity index (χ0v) is 15.7. The fourth-order valence-electron chi connectivity index (χ4n) is 2.25. The molecule has 0 aliphatic heterocycles. The van der Waals surface area contributed by atoms with Crippen molar-refractivity contribution < 1.29 is 19.4 Å². The molecule has 0 heterocycles. The first-order valence-electron chi connectivity index (χ1n) is 8.25. The van der Waals surface area contributed by atoms with Crippen LogP contribution in [0, 0.1) is 0 Å². The Balaban J connectivity index is 0.000000314. The fraction of sp³-hybridized carbons (Fsp3) is 0.350. The van der Waals surface area contributed by atoms with Gasteiger partial charge in [0.15, 0.2) is 11.5 Å². The fourth-order valence-corrected chi connectivity index (χ4v) is 2.25. The van der Waals surface area contributed by atoms with Crippen LogP contribution in [0.25, 0.3) is 0 Å². The highest BCUT2D eigenvalue weighted by molar-refractivity contribution is 5.78. The third-order valence-corrected chi connectivity index (χ3v) is 3.83. The number of ether oxygens (including phenoxy) is 2. The molecule has 0 saturated heterocycles. The van der Waals surface area contributed by atoms with Crippen molar-refractivity contribution in [3.8, 4) is 11.5 Å². The lowest BCUT2D eigenvalue weighted by Crippen LogP contribution is -2.46. The maximum Gasteiger partial charge on any atom is 0.323 e. The molecule has 26 heavy (non-hydrogen) atoms. The van der Waals surface area contributed by atoms with Crippen LogP contribution in [0.4, 0.5) is 0 Å². The minimum absolute atomic E-state index is 0.159. The molecule has 2 aromatic carbocycles. The van der Waals surface area contributed by atoms with E-state index in [1.165, 1.54) is 19.6 Å². The summed E-state index contributed by atoms with van der Waals surface area (Å²) in [5.74, 6) is 0.128. The van der Waals surface area contributed by atoms with Crippen LogP contribution in [-0.4, -0.2) is 30.8 Å². The van der Waals surface area contributed by atoms with E-state index in [4.69, 9.17) is 26.0 Å². The van der Waals surface area contributed by atoms with E-state index in [9.17, 15) is 4.79 Å². The summed E-state index contributed by atoms with van der Waals surface area (Å²) in [6.07, 6.45) is 0.225. The van der Waals surface area contributed by atoms with Gasteiger partial charge in [-0.1, -0.05) is 36.4 Å². The standard InChI is InChI=1S/C12H17NO4.C8H11N/c1-12(13,11(14)15)7-8-4-5-9(16-2)10(6-8)17-3;1-7(9)8-5-3-2-4-6-8/h4-6H,7,13H2,1-3H3,(H,14,15);2-7H,9H2,1H3/t12-;/m0./s1. The van der Waals surface area contributed by atoms with Gasteiger partial charge in [-0.3, -0.25) is 4.79 Å². The van der Waals surface area contributed by atoms with Gasteiger partial charge in [0.05, 0.1) is 14.2 Å². The SMILES string of the molecule is CC(N)c1ccccc1.COc1ccc(C[C@](C)(N)C(=O)O)cc1OC. The number of nitrogens with two attached hydrogens (primary N) is 2. The summed E-state index contributed by atoms with van der Waals surface area (Å²) in [4.78, 5) is 10.9. The molecule has 0 fully saturated rings. The zero-order valence-electron chi connectivity index (χ0n) is 15.7. The topological polar surface area (TPSA) is 108 Å². The quantitative estimate of drug-likeness (QED) is 0.731. The Labute approximate surface area is 154 Å². The van der Waals surface area contributed by atoms with Crippen LogP contribution in [0.2, 0.25) is 0 Å². The van der Waals surface area contributed by atoms with Crippen LogP contribution < -0.4 is 20.9 Å². The second kappa shape index (κ2) is 9.79. The third kappa shape index (κ3) is 6.38. The van der Waals surface area contributed by atoms with Gasteiger partial charge in [-0.2, -0.15) is 0 Å². The van der Waals surface area contributed by atoms with Crippen LogP contribution in [-0.2, 0) is 11.2 Å². The third-order valence-electron chi connectivity index (χ3n) is 3.83. The number of benzene rings is 2. The van der Waals surface area contributed by atoms with Crippen molar-refractivity contribution >= 4 is 5.97 Å². The van der Waals surface area contributed by atoms with E-state index >= 15 is 0 Å². The molecule has 0 aliphatic rings. The summed E-state index contributed by atoms with van der Waals surface area (Å²) in [5, 5.41) is 8.95. The minimum atomic E-state index is -1.29. The maximum atomic E-state index is 10.9. The van der Waals surface area contributed by atoms with E-state index < -0.39 is 11.5 Å². The molecule has 0 bridgehead atoms. The highest BCUT2D eigenvalue weighted by Crippen LogP contribution is 2.28. The van der Waals surface area contributed by atoms with Gasteiger partial charge in [0, 0.05) is 12.5 Å². The number of rotatable bonds is 6. The second-order valence-electron chi connectivity index (χ2n) is 6.29. The number of aliphatic carboxylic acids is 1.